The van der Waals surface area contributed by atoms with Crippen molar-refractivity contribution >= 4 is 153 Å². The van der Waals surface area contributed by atoms with Crippen molar-refractivity contribution in [2.24, 2.45) is 0 Å². The summed E-state index contributed by atoms with van der Waals surface area (Å²) in [4.78, 5) is 257. The van der Waals surface area contributed by atoms with Crippen molar-refractivity contribution in [3.63, 3.8) is 0 Å². The molecule has 7 saturated heterocycles. The van der Waals surface area contributed by atoms with Crippen LogP contribution in [0.2, 0.25) is 0 Å². The number of H-pyrrole nitrogens is 5. The molecule has 28 atom stereocenters. The summed E-state index contributed by atoms with van der Waals surface area (Å²) in [7, 11) is 1.02. The zero-order valence-corrected chi connectivity index (χ0v) is 87.6. The number of rotatable bonds is 41. The average molecular weight is 2270 g/mol. The van der Waals surface area contributed by atoms with Crippen molar-refractivity contribution in [3.05, 3.63) is 198 Å². The number of anilines is 2. The molecule has 0 spiro atoms. The minimum Gasteiger partial charge on any atom is -0.780 e. The van der Waals surface area contributed by atoms with Gasteiger partial charge in [-0.25, -0.2) is 43.7 Å². The molecule has 0 bridgehead atoms. The molecule has 143 heavy (non-hydrogen) atoms. The molecule has 7 aliphatic rings. The fourth-order valence-electron chi connectivity index (χ4n) is 16.4. The zero-order valence-electron chi connectivity index (χ0n) is 75.6. The Morgan fingerprint density at radius 2 is 0.615 bits per heavy atom. The molecule has 8 aromatic rings. The van der Waals surface area contributed by atoms with E-state index in [1.54, 1.807) is 18.4 Å². The molecule has 0 aromatic carbocycles. The normalized spacial score (nSPS) is 29.7. The second-order valence-electron chi connectivity index (χ2n) is 33.5. The van der Waals surface area contributed by atoms with E-state index in [4.69, 9.17) is 191 Å². The number of imidazole rings is 1. The maximum atomic E-state index is 14.9. The number of hydrogen-bond acceptors (Lipinski definition) is 52. The van der Waals surface area contributed by atoms with Crippen LogP contribution in [-0.2, 0) is 184 Å². The van der Waals surface area contributed by atoms with E-state index < -0.39 is 310 Å². The summed E-state index contributed by atoms with van der Waals surface area (Å²) in [5.74, 6) is 0.0284. The van der Waals surface area contributed by atoms with E-state index in [1.165, 1.54) is 59.7 Å². The van der Waals surface area contributed by atoms with Gasteiger partial charge in [0, 0.05) is 123 Å². The van der Waals surface area contributed by atoms with E-state index in [0.29, 0.717) is 23.1 Å². The van der Waals surface area contributed by atoms with Crippen LogP contribution in [0.1, 0.15) is 135 Å². The smallest absolute Gasteiger partial charge is 0.351 e. The van der Waals surface area contributed by atoms with E-state index in [9.17, 15) is 86.7 Å². The number of aromatic amines is 5. The van der Waals surface area contributed by atoms with Crippen LogP contribution < -0.4 is 103 Å². The first-order chi connectivity index (χ1) is 67.1. The summed E-state index contributed by atoms with van der Waals surface area (Å²) < 4.78 is 146. The number of aryl methyl sites for hydroxylation is 6. The molecule has 14 unspecified atom stereocenters. The van der Waals surface area contributed by atoms with Gasteiger partial charge in [-0.3, -0.25) is 85.4 Å². The summed E-state index contributed by atoms with van der Waals surface area (Å²) in [6, 6.07) is 0. The van der Waals surface area contributed by atoms with E-state index in [1.807, 2.05) is 0 Å². The van der Waals surface area contributed by atoms with Gasteiger partial charge in [0.25, 0.3) is 27.8 Å². The Morgan fingerprint density at radius 3 is 0.909 bits per heavy atom. The number of aromatic nitrogens is 16. The number of nitrogens with one attached hydrogen (secondary N) is 5. The molecule has 0 radical (unpaired) electrons. The second kappa shape index (κ2) is 44.8. The molecule has 71 heteroatoms. The van der Waals surface area contributed by atoms with E-state index in [-0.39, 0.29) is 52.3 Å². The van der Waals surface area contributed by atoms with Gasteiger partial charge in [-0.2, -0.15) is 4.98 Å². The number of hydrogen-bond donors (Lipinski definition) is 7. The number of nitrogens with two attached hydrogens (primary N) is 2. The van der Waals surface area contributed by atoms with Crippen molar-refractivity contribution in [2.75, 3.05) is 58.2 Å². The molecule has 9 N–H and O–H groups in total. The zero-order chi connectivity index (χ0) is 104. The lowest BCUT2D eigenvalue weighted by atomic mass is 10.1. The molecule has 0 aliphatic carbocycles. The summed E-state index contributed by atoms with van der Waals surface area (Å²) >= 11 is 37.6. The minimum absolute atomic E-state index is 0.00356. The van der Waals surface area contributed by atoms with E-state index in [0.717, 1.165) is 59.3 Å². The van der Waals surface area contributed by atoms with Gasteiger partial charge < -0.3 is 150 Å². The highest BCUT2D eigenvalue weighted by molar-refractivity contribution is 8.32. The molecule has 7 aliphatic heterocycles. The van der Waals surface area contributed by atoms with Crippen LogP contribution in [0.3, 0.4) is 0 Å². The lowest BCUT2D eigenvalue weighted by molar-refractivity contribution is -0.221. The van der Waals surface area contributed by atoms with Crippen molar-refractivity contribution in [1.29, 1.82) is 0 Å². The number of ether oxygens (including phenoxy) is 7. The maximum Gasteiger partial charge on any atom is 0.351 e. The predicted molar refractivity (Wildman–Crippen MR) is 505 cm³/mol. The van der Waals surface area contributed by atoms with Gasteiger partial charge in [-0.05, 0) is 48.0 Å². The topological polar surface area (TPSA) is 754 Å². The van der Waals surface area contributed by atoms with Gasteiger partial charge >= 0.3 is 34.1 Å². The third-order valence-electron chi connectivity index (χ3n) is 23.6. The maximum absolute atomic E-state index is 14.9. The summed E-state index contributed by atoms with van der Waals surface area (Å²) in [5.41, 5.74) is 3.08. The highest BCUT2D eigenvalue weighted by Crippen LogP contribution is 2.57. The standard InChI is InChI=1S/C72H97N18O39P7S7/c1-9-37-38(10-57(116-37)90-30-77-58-60(74)75-29-76-61(58)90)124-131(103,138)110-24-46-40(12-52(118-46)85-18-32(3)62(91)79-68(85)97)126-133(105,140)112-26-48-42(14-54(120-48)87-20-34(5)64(93)81-70(87)99)128-135(107,142)114-28-50-44(16-56(122-50)89-22-36(7)66(95)83-72(89)101)129-136(108,143)115-27-49-43(15-55(121-49)88-21-35(6)65(94)82-71(88)100)127-134(106,141)113-25-47-41(13-53(119-47)86-19-33(4)63(92)80-69(86)98)125-132(104,139)111-23-45-39(123-130(102,137)109-8)11-51(117-45)84-17-31(2)59(73)78-67(84)96/h17-22,29-30,37-57H,9-16,23-28H2,1-8H3,(H,102,137)(H,103,138)(H,104,139)(H,105,140)(H,106,141)(H,107,142)(H,108,143)(H2,73,78,96)(H2,74,75,76)(H,79,91,97)(H,80,92,98)(H,81,93,99)(H,82,94,100)(H,83,95,101)/p-7/t37-,38?,39?,40?,41?,42?,43?,44?,45-,46-,47-,48-,49-,50-,51-,52-,53-,54-,55-,56-,57-,130?,131?,132?,133?,134?,135?,136?/m1/s1. The molecular weight excluding hydrogens is 2180 g/mol. The summed E-state index contributed by atoms with van der Waals surface area (Å²) in [5, 5.41) is 0. The first kappa shape index (κ1) is 111. The highest BCUT2D eigenvalue weighted by atomic mass is 32.7. The summed E-state index contributed by atoms with van der Waals surface area (Å²) in [6.45, 7) is -29.2. The molecule has 0 amide bonds. The van der Waals surface area contributed by atoms with E-state index in [2.05, 4.69) is 44.9 Å². The van der Waals surface area contributed by atoms with Crippen LogP contribution in [0.15, 0.2) is 103 Å². The van der Waals surface area contributed by atoms with Crippen molar-refractivity contribution in [3.8, 4) is 0 Å². The van der Waals surface area contributed by atoms with Crippen LogP contribution in [-0.4, -0.2) is 209 Å². The fourth-order valence-corrected chi connectivity index (χ4v) is 26.1. The van der Waals surface area contributed by atoms with Crippen LogP contribution in [0.25, 0.3) is 11.2 Å². The molecule has 15 heterocycles. The third-order valence-corrected chi connectivity index (χ3v) is 34.7. The molecule has 8 aromatic heterocycles. The summed E-state index contributed by atoms with van der Waals surface area (Å²) in [6.07, 6.45) is -22.2. The van der Waals surface area contributed by atoms with Gasteiger partial charge in [0.1, 0.15) is 138 Å². The molecule has 7 fully saturated rings. The average Bonchev–Trinajstić information content (AvgIpc) is 1.61. The van der Waals surface area contributed by atoms with Gasteiger partial charge in [0.05, 0.1) is 94.8 Å². The van der Waals surface area contributed by atoms with Crippen LogP contribution in [0, 0.1) is 41.5 Å². The van der Waals surface area contributed by atoms with Gasteiger partial charge in [0.2, 0.25) is 0 Å². The Morgan fingerprint density at radius 1 is 0.364 bits per heavy atom. The molecule has 15 rings (SSSR count). The van der Waals surface area contributed by atoms with Crippen LogP contribution >= 0.6 is 47.1 Å². The van der Waals surface area contributed by atoms with E-state index >= 15 is 0 Å². The fraction of sp³-hybridized carbons (Fsp3) is 0.597. The monoisotopic (exact) mass is 2270 g/mol. The Hall–Kier alpha value is -6.17. The Kier molecular flexibility index (Phi) is 34.7. The van der Waals surface area contributed by atoms with Gasteiger partial charge in [-0.1, -0.05) is 77.8 Å². The van der Waals surface area contributed by atoms with Crippen LogP contribution in [0.4, 0.5) is 11.6 Å². The number of nitrogen functional groups attached to an aromatic ring is 2. The second-order valence-corrected chi connectivity index (χ2v) is 52.6. The van der Waals surface area contributed by atoms with Crippen LogP contribution in [0.5, 0.6) is 0 Å². The lowest BCUT2D eigenvalue weighted by Crippen LogP contribution is -2.35. The van der Waals surface area contributed by atoms with Crippen molar-refractivity contribution < 1.29 is 130 Å². The van der Waals surface area contributed by atoms with Crippen molar-refractivity contribution in [1.82, 2.24) is 76.8 Å². The van der Waals surface area contributed by atoms with Gasteiger partial charge in [-0.15, -0.1) is 0 Å². The Labute approximate surface area is 839 Å². The Bertz CT molecular complexity index is 7150. The number of fused-ring (bicyclic) bond motifs is 1. The minimum atomic E-state index is -5.11. The van der Waals surface area contributed by atoms with Crippen molar-refractivity contribution in [2.45, 2.75) is 229 Å². The molecule has 786 valence electrons. The molecule has 0 saturated carbocycles. The largest absolute Gasteiger partial charge is 0.780 e. The first-order valence-electron chi connectivity index (χ1n) is 42.9. The highest BCUT2D eigenvalue weighted by Gasteiger charge is 2.49. The third kappa shape index (κ3) is 26.9. The molecule has 57 nitrogen and oxygen atoms in total. The number of nitrogens with zero attached hydrogens (tertiary/aromatic N) is 11. The Balaban J connectivity index is 0.631. The quantitative estimate of drug-likeness (QED) is 0.0147. The predicted octanol–water partition coefficient (Wildman–Crippen LogP) is -3.12. The molecular formula is C72H90N18O39P7S7-7. The first-order valence-corrected chi connectivity index (χ1v) is 60.8. The lowest BCUT2D eigenvalue weighted by Gasteiger charge is -2.36. The SMILES string of the molecule is CC[C@H]1O[C@@H](n2cnc3c(N)ncnc32)CC1OP([O-])(=S)OC[C@H]1O[C@@H](n2cc(C)c(=O)[nH]c2=O)CC1OP(=O)([S-])OC[C@H]1O[C@@H](n2cc(C)c(=O)[nH]c2=O)CC1OP([O-])(=S)OC[C@H]1O[C@@H](n2cc(C)c(=O)[nH]c2=O)CC1OP([O-])(=S)OC[C@H]1O[C@@H](n2cc(C)c(=O)[nH]c2=O)CC1OP([O-])(=S)OC[C@H]1O[C@@H](n2cc(C)c(=O)[nH]c2=O)CC1OP([O-])(=S)OC[C@H]1O[C@@H](n2cc(C)c(N)nc2=O)CC1OP([O-])(=S)OC. The van der Waals surface area contributed by atoms with Gasteiger partial charge in [0.15, 0.2) is 18.3 Å².